The molecular formula is C16H24N2O3. The largest absolute Gasteiger partial charge is 0.495 e. The number of anilines is 1. The zero-order valence-corrected chi connectivity index (χ0v) is 12.8. The van der Waals surface area contributed by atoms with E-state index in [2.05, 4.69) is 5.32 Å². The summed E-state index contributed by atoms with van der Waals surface area (Å²) in [5.74, 6) is 0.737. The van der Waals surface area contributed by atoms with Crippen molar-refractivity contribution in [3.05, 3.63) is 24.3 Å². The summed E-state index contributed by atoms with van der Waals surface area (Å²) in [5, 5.41) is 3.30. The van der Waals surface area contributed by atoms with Gasteiger partial charge in [-0.15, -0.1) is 0 Å². The third kappa shape index (κ3) is 4.44. The summed E-state index contributed by atoms with van der Waals surface area (Å²) < 4.78 is 11.1. The van der Waals surface area contributed by atoms with Crippen molar-refractivity contribution in [2.45, 2.75) is 25.4 Å². The number of para-hydroxylation sites is 2. The first-order chi connectivity index (χ1) is 10.2. The van der Waals surface area contributed by atoms with E-state index >= 15 is 0 Å². The number of nitrogens with zero attached hydrogens (tertiary/aromatic N) is 1. The van der Waals surface area contributed by atoms with Crippen molar-refractivity contribution >= 4 is 11.6 Å². The van der Waals surface area contributed by atoms with Gasteiger partial charge in [0.25, 0.3) is 0 Å². The predicted octanol–water partition coefficient (Wildman–Crippen LogP) is 1.82. The molecule has 1 fully saturated rings. The van der Waals surface area contributed by atoms with Gasteiger partial charge in [-0.1, -0.05) is 12.1 Å². The van der Waals surface area contributed by atoms with Crippen molar-refractivity contribution in [2.24, 2.45) is 0 Å². The second-order valence-electron chi connectivity index (χ2n) is 5.19. The Morgan fingerprint density at radius 1 is 1.33 bits per heavy atom. The van der Waals surface area contributed by atoms with Gasteiger partial charge in [0.2, 0.25) is 5.91 Å². The number of piperidine rings is 1. The van der Waals surface area contributed by atoms with Crippen molar-refractivity contribution < 1.29 is 14.3 Å². The molecule has 0 bridgehead atoms. The number of benzene rings is 1. The van der Waals surface area contributed by atoms with Gasteiger partial charge >= 0.3 is 0 Å². The summed E-state index contributed by atoms with van der Waals surface area (Å²) in [6.07, 6.45) is 2.72. The molecule has 0 spiro atoms. The van der Waals surface area contributed by atoms with Crippen LogP contribution >= 0.6 is 0 Å². The molecular weight excluding hydrogens is 268 g/mol. The highest BCUT2D eigenvalue weighted by Gasteiger charge is 2.17. The van der Waals surface area contributed by atoms with Crippen LogP contribution < -0.4 is 15.0 Å². The zero-order chi connectivity index (χ0) is 15.1. The van der Waals surface area contributed by atoms with Gasteiger partial charge < -0.3 is 19.7 Å². The average Bonchev–Trinajstić information content (AvgIpc) is 2.55. The van der Waals surface area contributed by atoms with Gasteiger partial charge in [-0.3, -0.25) is 4.79 Å². The molecule has 0 radical (unpaired) electrons. The fraction of sp³-hybridized carbons (Fsp3) is 0.562. The second-order valence-corrected chi connectivity index (χ2v) is 5.19. The maximum atomic E-state index is 12.2. The van der Waals surface area contributed by atoms with E-state index in [-0.39, 0.29) is 12.0 Å². The highest BCUT2D eigenvalue weighted by Crippen LogP contribution is 2.26. The lowest BCUT2D eigenvalue weighted by atomic mass is 10.1. The third-order valence-corrected chi connectivity index (χ3v) is 3.78. The number of carbonyl (C=O) groups excluding carboxylic acids is 1. The SMILES string of the molecule is COc1ccccc1N(C)C(=O)CCOC1CCNCC1. The molecule has 116 valence electrons. The summed E-state index contributed by atoms with van der Waals surface area (Å²) in [6, 6.07) is 7.52. The molecule has 5 heteroatoms. The molecule has 1 heterocycles. The van der Waals surface area contributed by atoms with E-state index in [1.165, 1.54) is 0 Å². The fourth-order valence-electron chi connectivity index (χ4n) is 2.48. The maximum absolute atomic E-state index is 12.2. The Bertz CT molecular complexity index is 459. The van der Waals surface area contributed by atoms with E-state index < -0.39 is 0 Å². The van der Waals surface area contributed by atoms with Gasteiger partial charge in [0.1, 0.15) is 5.75 Å². The normalized spacial score (nSPS) is 15.7. The average molecular weight is 292 g/mol. The molecule has 0 saturated carbocycles. The van der Waals surface area contributed by atoms with E-state index in [0.717, 1.165) is 31.6 Å². The fourth-order valence-corrected chi connectivity index (χ4v) is 2.48. The minimum atomic E-state index is 0.0356. The van der Waals surface area contributed by atoms with Gasteiger partial charge in [0.15, 0.2) is 0 Å². The Morgan fingerprint density at radius 3 is 2.76 bits per heavy atom. The molecule has 5 nitrogen and oxygen atoms in total. The van der Waals surface area contributed by atoms with Crippen molar-refractivity contribution in [3.63, 3.8) is 0 Å². The lowest BCUT2D eigenvalue weighted by Crippen LogP contribution is -2.33. The van der Waals surface area contributed by atoms with Crippen LogP contribution in [0.2, 0.25) is 0 Å². The molecule has 1 saturated heterocycles. The summed E-state index contributed by atoms with van der Waals surface area (Å²) in [7, 11) is 3.38. The van der Waals surface area contributed by atoms with Gasteiger partial charge in [0.05, 0.1) is 31.9 Å². The first-order valence-corrected chi connectivity index (χ1v) is 7.44. The quantitative estimate of drug-likeness (QED) is 0.869. The number of hydrogen-bond acceptors (Lipinski definition) is 4. The van der Waals surface area contributed by atoms with Gasteiger partial charge in [0, 0.05) is 7.05 Å². The second kappa shape index (κ2) is 8.00. The van der Waals surface area contributed by atoms with Crippen LogP contribution in [0.5, 0.6) is 5.75 Å². The smallest absolute Gasteiger partial charge is 0.229 e. The van der Waals surface area contributed by atoms with E-state index in [0.29, 0.717) is 18.8 Å². The molecule has 1 aliphatic heterocycles. The van der Waals surface area contributed by atoms with Gasteiger partial charge in [-0.25, -0.2) is 0 Å². The topological polar surface area (TPSA) is 50.8 Å². The van der Waals surface area contributed by atoms with Crippen LogP contribution in [0.15, 0.2) is 24.3 Å². The van der Waals surface area contributed by atoms with Crippen LogP contribution in [-0.2, 0) is 9.53 Å². The summed E-state index contributed by atoms with van der Waals surface area (Å²) in [5.41, 5.74) is 0.784. The van der Waals surface area contributed by atoms with E-state index in [1.54, 1.807) is 19.1 Å². The number of carbonyl (C=O) groups is 1. The third-order valence-electron chi connectivity index (χ3n) is 3.78. The lowest BCUT2D eigenvalue weighted by molar-refractivity contribution is -0.120. The summed E-state index contributed by atoms with van der Waals surface area (Å²) in [6.45, 7) is 2.47. The molecule has 1 amide bonds. The minimum Gasteiger partial charge on any atom is -0.495 e. The van der Waals surface area contributed by atoms with Crippen molar-refractivity contribution in [1.82, 2.24) is 5.32 Å². The number of methoxy groups -OCH3 is 1. The highest BCUT2D eigenvalue weighted by atomic mass is 16.5. The molecule has 1 aromatic rings. The van der Waals surface area contributed by atoms with Crippen molar-refractivity contribution in [3.8, 4) is 5.75 Å². The standard InChI is InChI=1S/C16H24N2O3/c1-18(14-5-3-4-6-15(14)20-2)16(19)9-12-21-13-7-10-17-11-8-13/h3-6,13,17H,7-12H2,1-2H3. The number of amides is 1. The molecule has 1 aliphatic rings. The van der Waals surface area contributed by atoms with Crippen molar-refractivity contribution in [1.29, 1.82) is 0 Å². The summed E-state index contributed by atoms with van der Waals surface area (Å²) in [4.78, 5) is 13.9. The molecule has 0 aromatic heterocycles. The minimum absolute atomic E-state index is 0.0356. The van der Waals surface area contributed by atoms with Crippen LogP contribution in [0.4, 0.5) is 5.69 Å². The summed E-state index contributed by atoms with van der Waals surface area (Å²) >= 11 is 0. The van der Waals surface area contributed by atoms with Crippen LogP contribution in [0.3, 0.4) is 0 Å². The van der Waals surface area contributed by atoms with E-state index in [4.69, 9.17) is 9.47 Å². The first kappa shape index (κ1) is 15.8. The Kier molecular flexibility index (Phi) is 6.02. The highest BCUT2D eigenvalue weighted by molar-refractivity contribution is 5.94. The van der Waals surface area contributed by atoms with Crippen LogP contribution in [0.25, 0.3) is 0 Å². The predicted molar refractivity (Wildman–Crippen MR) is 82.9 cm³/mol. The Balaban J connectivity index is 1.82. The number of hydrogen-bond donors (Lipinski definition) is 1. The molecule has 21 heavy (non-hydrogen) atoms. The van der Waals surface area contributed by atoms with E-state index in [1.807, 2.05) is 24.3 Å². The molecule has 2 rings (SSSR count). The maximum Gasteiger partial charge on any atom is 0.229 e. The Morgan fingerprint density at radius 2 is 2.05 bits per heavy atom. The number of rotatable bonds is 6. The Labute approximate surface area is 126 Å². The zero-order valence-electron chi connectivity index (χ0n) is 12.8. The molecule has 0 unspecified atom stereocenters. The van der Waals surface area contributed by atoms with Crippen LogP contribution in [0.1, 0.15) is 19.3 Å². The molecule has 0 aliphatic carbocycles. The van der Waals surface area contributed by atoms with E-state index in [9.17, 15) is 4.79 Å². The monoisotopic (exact) mass is 292 g/mol. The Hall–Kier alpha value is -1.59. The molecule has 0 atom stereocenters. The number of nitrogens with one attached hydrogen (secondary N) is 1. The lowest BCUT2D eigenvalue weighted by Gasteiger charge is -2.24. The number of ether oxygens (including phenoxy) is 2. The van der Waals surface area contributed by atoms with Crippen LogP contribution in [0, 0.1) is 0 Å². The van der Waals surface area contributed by atoms with Crippen molar-refractivity contribution in [2.75, 3.05) is 38.8 Å². The van der Waals surface area contributed by atoms with Gasteiger partial charge in [-0.05, 0) is 38.1 Å². The molecule has 1 N–H and O–H groups in total. The molecule has 1 aromatic carbocycles. The van der Waals surface area contributed by atoms with Gasteiger partial charge in [-0.2, -0.15) is 0 Å². The van der Waals surface area contributed by atoms with Crippen LogP contribution in [-0.4, -0.2) is 45.9 Å². The first-order valence-electron chi connectivity index (χ1n) is 7.44.